The Morgan fingerprint density at radius 1 is 1.19 bits per heavy atom. The maximum atomic E-state index is 12.2. The first kappa shape index (κ1) is 14.4. The molecule has 0 radical (unpaired) electrons. The van der Waals surface area contributed by atoms with Crippen molar-refractivity contribution in [3.63, 3.8) is 0 Å². The van der Waals surface area contributed by atoms with Crippen molar-refractivity contribution in [3.8, 4) is 17.6 Å². The van der Waals surface area contributed by atoms with Gasteiger partial charge in [-0.2, -0.15) is 5.26 Å². The Morgan fingerprint density at radius 3 is 2.57 bits per heavy atom. The molecule has 0 aliphatic rings. The Hall–Kier alpha value is -3.06. The minimum atomic E-state index is -0.514. The monoisotopic (exact) mass is 279 g/mol. The highest BCUT2D eigenvalue weighted by Gasteiger charge is 2.14. The molecule has 104 valence electrons. The van der Waals surface area contributed by atoms with Gasteiger partial charge in [-0.1, -0.05) is 24.8 Å². The van der Waals surface area contributed by atoms with E-state index in [1.54, 1.807) is 54.6 Å². The van der Waals surface area contributed by atoms with Crippen molar-refractivity contribution in [1.82, 2.24) is 0 Å². The lowest BCUT2D eigenvalue weighted by Crippen LogP contribution is -2.10. The predicted octanol–water partition coefficient (Wildman–Crippen LogP) is 3.34. The zero-order chi connectivity index (χ0) is 15.1. The van der Waals surface area contributed by atoms with Gasteiger partial charge in [0.25, 0.3) is 0 Å². The van der Waals surface area contributed by atoms with Crippen LogP contribution in [0.25, 0.3) is 0 Å². The number of benzene rings is 2. The van der Waals surface area contributed by atoms with Crippen molar-refractivity contribution >= 4 is 5.97 Å². The highest BCUT2D eigenvalue weighted by Crippen LogP contribution is 2.21. The number of hydrogen-bond donors (Lipinski definition) is 0. The summed E-state index contributed by atoms with van der Waals surface area (Å²) in [6, 6.07) is 15.1. The van der Waals surface area contributed by atoms with E-state index < -0.39 is 5.97 Å². The summed E-state index contributed by atoms with van der Waals surface area (Å²) in [5.41, 5.74) is 0.841. The topological polar surface area (TPSA) is 59.3 Å². The van der Waals surface area contributed by atoms with Gasteiger partial charge in [-0.25, -0.2) is 4.79 Å². The summed E-state index contributed by atoms with van der Waals surface area (Å²) in [6.45, 7) is 3.87. The molecule has 0 aromatic heterocycles. The van der Waals surface area contributed by atoms with Gasteiger partial charge in [0.1, 0.15) is 23.7 Å². The molecule has 4 nitrogen and oxygen atoms in total. The number of carbonyl (C=O) groups excluding carboxylic acids is 1. The second-order valence-electron chi connectivity index (χ2n) is 4.12. The van der Waals surface area contributed by atoms with E-state index in [9.17, 15) is 4.79 Å². The van der Waals surface area contributed by atoms with Crippen LogP contribution < -0.4 is 9.47 Å². The molecule has 0 spiro atoms. The Balaban J connectivity index is 2.16. The van der Waals surface area contributed by atoms with Crippen LogP contribution in [0.2, 0.25) is 0 Å². The molecule has 0 saturated carbocycles. The van der Waals surface area contributed by atoms with Crippen LogP contribution in [0, 0.1) is 11.3 Å². The van der Waals surface area contributed by atoms with E-state index in [1.165, 1.54) is 0 Å². The van der Waals surface area contributed by atoms with Crippen LogP contribution in [-0.2, 0) is 0 Å². The molecule has 0 aliphatic carbocycles. The van der Waals surface area contributed by atoms with Gasteiger partial charge in [0.05, 0.1) is 11.6 Å². The third-order valence-corrected chi connectivity index (χ3v) is 2.66. The van der Waals surface area contributed by atoms with Crippen LogP contribution in [0.4, 0.5) is 0 Å². The first-order chi connectivity index (χ1) is 10.2. The minimum absolute atomic E-state index is 0.307. The molecule has 0 aliphatic heterocycles. The number of nitrogens with zero attached hydrogens (tertiary/aromatic N) is 1. The molecule has 2 aromatic rings. The van der Waals surface area contributed by atoms with E-state index in [2.05, 4.69) is 6.58 Å². The van der Waals surface area contributed by atoms with E-state index in [0.29, 0.717) is 29.2 Å². The van der Waals surface area contributed by atoms with Crippen molar-refractivity contribution in [2.45, 2.75) is 0 Å². The van der Waals surface area contributed by atoms with Gasteiger partial charge < -0.3 is 9.47 Å². The molecule has 2 aromatic carbocycles. The Morgan fingerprint density at radius 2 is 1.90 bits per heavy atom. The van der Waals surface area contributed by atoms with Gasteiger partial charge in [0, 0.05) is 0 Å². The molecule has 0 heterocycles. The average molecular weight is 279 g/mol. The lowest BCUT2D eigenvalue weighted by Gasteiger charge is -2.09. The van der Waals surface area contributed by atoms with E-state index in [1.807, 2.05) is 6.07 Å². The van der Waals surface area contributed by atoms with E-state index in [0.717, 1.165) is 0 Å². The number of esters is 1. The summed E-state index contributed by atoms with van der Waals surface area (Å²) in [6.07, 6.45) is 1.60. The summed E-state index contributed by atoms with van der Waals surface area (Å²) >= 11 is 0. The van der Waals surface area contributed by atoms with Crippen molar-refractivity contribution in [2.24, 2.45) is 0 Å². The fraction of sp³-hybridized carbons (Fsp3) is 0.0588. The first-order valence-electron chi connectivity index (χ1n) is 6.29. The number of hydrogen-bond acceptors (Lipinski definition) is 4. The molecule has 0 fully saturated rings. The van der Waals surface area contributed by atoms with Gasteiger partial charge in [0.2, 0.25) is 0 Å². The highest BCUT2D eigenvalue weighted by atomic mass is 16.5. The number of nitriles is 1. The summed E-state index contributed by atoms with van der Waals surface area (Å²) in [7, 11) is 0. The number of carbonyl (C=O) groups is 1. The average Bonchev–Trinajstić information content (AvgIpc) is 2.54. The Kier molecular flexibility index (Phi) is 4.73. The molecule has 0 saturated heterocycles. The van der Waals surface area contributed by atoms with Crippen molar-refractivity contribution < 1.29 is 14.3 Å². The predicted molar refractivity (Wildman–Crippen MR) is 78.2 cm³/mol. The lowest BCUT2D eigenvalue weighted by atomic mass is 10.2. The first-order valence-corrected chi connectivity index (χ1v) is 6.29. The number of ether oxygens (including phenoxy) is 2. The molecule has 2 rings (SSSR count). The van der Waals surface area contributed by atoms with Crippen LogP contribution in [0.3, 0.4) is 0 Å². The lowest BCUT2D eigenvalue weighted by molar-refractivity contribution is 0.0730. The van der Waals surface area contributed by atoms with E-state index in [-0.39, 0.29) is 0 Å². The summed E-state index contributed by atoms with van der Waals surface area (Å²) in [4.78, 5) is 12.2. The fourth-order valence-corrected chi connectivity index (χ4v) is 1.67. The van der Waals surface area contributed by atoms with Gasteiger partial charge in [-0.3, -0.25) is 0 Å². The smallest absolute Gasteiger partial charge is 0.347 e. The van der Waals surface area contributed by atoms with Crippen molar-refractivity contribution in [2.75, 3.05) is 6.61 Å². The zero-order valence-corrected chi connectivity index (χ0v) is 11.3. The van der Waals surface area contributed by atoms with Crippen LogP contribution in [0.1, 0.15) is 15.9 Å². The van der Waals surface area contributed by atoms with Crippen LogP contribution in [-0.4, -0.2) is 12.6 Å². The van der Waals surface area contributed by atoms with Gasteiger partial charge in [-0.15, -0.1) is 0 Å². The molecule has 21 heavy (non-hydrogen) atoms. The second-order valence-corrected chi connectivity index (χ2v) is 4.12. The summed E-state index contributed by atoms with van der Waals surface area (Å²) in [5, 5.41) is 8.72. The van der Waals surface area contributed by atoms with Crippen LogP contribution in [0.5, 0.6) is 11.5 Å². The third-order valence-electron chi connectivity index (χ3n) is 2.66. The molecule has 4 heteroatoms. The maximum Gasteiger partial charge on any atom is 0.347 e. The Bertz CT molecular complexity index is 684. The zero-order valence-electron chi connectivity index (χ0n) is 11.3. The summed E-state index contributed by atoms with van der Waals surface area (Å²) < 4.78 is 10.7. The van der Waals surface area contributed by atoms with Crippen molar-refractivity contribution in [3.05, 3.63) is 72.3 Å². The fourth-order valence-electron chi connectivity index (χ4n) is 1.67. The van der Waals surface area contributed by atoms with Crippen molar-refractivity contribution in [1.29, 1.82) is 5.26 Å². The van der Waals surface area contributed by atoms with E-state index >= 15 is 0 Å². The quantitative estimate of drug-likeness (QED) is 0.478. The van der Waals surface area contributed by atoms with Gasteiger partial charge in [0.15, 0.2) is 0 Å². The molecular weight excluding hydrogens is 266 g/mol. The molecule has 0 amide bonds. The number of para-hydroxylation sites is 1. The van der Waals surface area contributed by atoms with E-state index in [4.69, 9.17) is 14.7 Å². The molecular formula is C17H13NO3. The molecule has 0 N–H and O–H groups in total. The Labute approximate surface area is 122 Å². The SMILES string of the molecule is C=CCOc1ccccc1C(=O)Oc1ccc(C#N)cc1. The molecule has 0 unspecified atom stereocenters. The normalized spacial score (nSPS) is 9.48. The third kappa shape index (κ3) is 3.71. The largest absolute Gasteiger partial charge is 0.489 e. The van der Waals surface area contributed by atoms with Crippen LogP contribution >= 0.6 is 0 Å². The highest BCUT2D eigenvalue weighted by molar-refractivity contribution is 5.94. The minimum Gasteiger partial charge on any atom is -0.489 e. The van der Waals surface area contributed by atoms with Gasteiger partial charge >= 0.3 is 5.97 Å². The van der Waals surface area contributed by atoms with Gasteiger partial charge in [-0.05, 0) is 36.4 Å². The van der Waals surface area contributed by atoms with Crippen LogP contribution in [0.15, 0.2) is 61.2 Å². The number of rotatable bonds is 5. The molecule has 0 bridgehead atoms. The molecule has 0 atom stereocenters. The summed E-state index contributed by atoms with van der Waals surface area (Å²) in [5.74, 6) is 0.299. The standard InChI is InChI=1S/C17H13NO3/c1-2-11-20-16-6-4-3-5-15(16)17(19)21-14-9-7-13(12-18)8-10-14/h2-10H,1,11H2. The second kappa shape index (κ2) is 6.92. The maximum absolute atomic E-state index is 12.2.